The van der Waals surface area contributed by atoms with Gasteiger partial charge in [0.25, 0.3) is 5.56 Å². The summed E-state index contributed by atoms with van der Waals surface area (Å²) in [6.07, 6.45) is 2.80. The average molecular weight is 490 g/mol. The Morgan fingerprint density at radius 2 is 2.03 bits per heavy atom. The Balaban J connectivity index is 1.30. The van der Waals surface area contributed by atoms with E-state index in [2.05, 4.69) is 43.1 Å². The molecule has 30 heavy (non-hydrogen) atoms. The standard InChI is InChI=1S/C21H24BrN5O2S/c1-2-19-24-16(13-30-19)12-25-7-9-26(10-8-25)20(28)5-6-27-14-23-18-4-3-15(22)11-17(18)21(27)29/h3-4,11,13-14H,2,5-10,12H2,1H3. The van der Waals surface area contributed by atoms with E-state index in [4.69, 9.17) is 0 Å². The monoisotopic (exact) mass is 489 g/mol. The Morgan fingerprint density at radius 1 is 1.23 bits per heavy atom. The first-order valence-corrected chi connectivity index (χ1v) is 11.8. The van der Waals surface area contributed by atoms with Crippen molar-refractivity contribution in [3.63, 3.8) is 0 Å². The molecule has 0 unspecified atom stereocenters. The molecule has 1 aliphatic rings. The highest BCUT2D eigenvalue weighted by Crippen LogP contribution is 2.16. The quantitative estimate of drug-likeness (QED) is 0.532. The summed E-state index contributed by atoms with van der Waals surface area (Å²) in [6.45, 7) is 6.40. The van der Waals surface area contributed by atoms with Gasteiger partial charge in [0.05, 0.1) is 27.9 Å². The highest BCUT2D eigenvalue weighted by Gasteiger charge is 2.21. The lowest BCUT2D eigenvalue weighted by Crippen LogP contribution is -2.48. The van der Waals surface area contributed by atoms with Crippen LogP contribution in [0.1, 0.15) is 24.0 Å². The molecule has 1 fully saturated rings. The molecule has 0 spiro atoms. The van der Waals surface area contributed by atoms with Gasteiger partial charge < -0.3 is 4.90 Å². The van der Waals surface area contributed by atoms with Crippen molar-refractivity contribution in [2.75, 3.05) is 26.2 Å². The summed E-state index contributed by atoms with van der Waals surface area (Å²) in [5.41, 5.74) is 1.66. The van der Waals surface area contributed by atoms with Gasteiger partial charge >= 0.3 is 0 Å². The van der Waals surface area contributed by atoms with Crippen LogP contribution in [0.4, 0.5) is 0 Å². The lowest BCUT2D eigenvalue weighted by atomic mass is 10.2. The molecule has 1 saturated heterocycles. The molecule has 0 bridgehead atoms. The molecule has 0 N–H and O–H groups in total. The number of halogens is 1. The molecule has 3 heterocycles. The Morgan fingerprint density at radius 3 is 2.77 bits per heavy atom. The SMILES string of the molecule is CCc1nc(CN2CCN(C(=O)CCn3cnc4ccc(Br)cc4c3=O)CC2)cs1. The maximum atomic E-state index is 12.7. The fourth-order valence-electron chi connectivity index (χ4n) is 3.63. The minimum atomic E-state index is -0.117. The number of aryl methyl sites for hydroxylation is 2. The number of nitrogens with zero attached hydrogens (tertiary/aromatic N) is 5. The average Bonchev–Trinajstić information content (AvgIpc) is 3.21. The number of carbonyl (C=O) groups is 1. The predicted octanol–water partition coefficient (Wildman–Crippen LogP) is 2.91. The molecule has 2 aromatic heterocycles. The minimum Gasteiger partial charge on any atom is -0.340 e. The number of fused-ring (bicyclic) bond motifs is 1. The Hall–Kier alpha value is -2.10. The summed E-state index contributed by atoms with van der Waals surface area (Å²) in [5, 5.41) is 3.86. The number of amides is 1. The molecule has 0 atom stereocenters. The van der Waals surface area contributed by atoms with Crippen LogP contribution in [-0.2, 0) is 24.3 Å². The second kappa shape index (κ2) is 9.36. The van der Waals surface area contributed by atoms with Crippen LogP contribution < -0.4 is 5.56 Å². The van der Waals surface area contributed by atoms with Gasteiger partial charge in [0.15, 0.2) is 0 Å². The maximum Gasteiger partial charge on any atom is 0.261 e. The van der Waals surface area contributed by atoms with Crippen molar-refractivity contribution in [1.82, 2.24) is 24.3 Å². The number of benzene rings is 1. The van der Waals surface area contributed by atoms with E-state index < -0.39 is 0 Å². The van der Waals surface area contributed by atoms with Gasteiger partial charge in [0.2, 0.25) is 5.91 Å². The first kappa shape index (κ1) is 21.1. The fraction of sp³-hybridized carbons (Fsp3) is 0.429. The molecular formula is C21H24BrN5O2S. The third-order valence-corrected chi connectivity index (χ3v) is 6.90. The van der Waals surface area contributed by atoms with E-state index in [9.17, 15) is 9.59 Å². The summed E-state index contributed by atoms with van der Waals surface area (Å²) >= 11 is 5.10. The second-order valence-corrected chi connectivity index (χ2v) is 9.26. The van der Waals surface area contributed by atoms with E-state index in [-0.39, 0.29) is 11.5 Å². The van der Waals surface area contributed by atoms with Gasteiger partial charge in [-0.1, -0.05) is 22.9 Å². The third kappa shape index (κ3) is 4.79. The smallest absolute Gasteiger partial charge is 0.261 e. The van der Waals surface area contributed by atoms with Gasteiger partial charge in [0, 0.05) is 55.5 Å². The van der Waals surface area contributed by atoms with Crippen LogP contribution in [-0.4, -0.2) is 56.4 Å². The zero-order valence-corrected chi connectivity index (χ0v) is 19.3. The third-order valence-electron chi connectivity index (χ3n) is 5.37. The topological polar surface area (TPSA) is 71.3 Å². The second-order valence-electron chi connectivity index (χ2n) is 7.40. The molecule has 1 aliphatic heterocycles. The summed E-state index contributed by atoms with van der Waals surface area (Å²) in [5.74, 6) is 0.0813. The van der Waals surface area contributed by atoms with Crippen LogP contribution in [0.25, 0.3) is 10.9 Å². The molecule has 0 radical (unpaired) electrons. The largest absolute Gasteiger partial charge is 0.340 e. The van der Waals surface area contributed by atoms with Crippen molar-refractivity contribution in [1.29, 1.82) is 0 Å². The van der Waals surface area contributed by atoms with Crippen LogP contribution in [0.2, 0.25) is 0 Å². The Kier molecular flexibility index (Phi) is 6.60. The molecule has 0 saturated carbocycles. The Bertz CT molecular complexity index is 1100. The molecule has 9 heteroatoms. The van der Waals surface area contributed by atoms with E-state index in [1.165, 1.54) is 15.9 Å². The van der Waals surface area contributed by atoms with Gasteiger partial charge in [-0.3, -0.25) is 19.1 Å². The molecule has 0 aliphatic carbocycles. The van der Waals surface area contributed by atoms with E-state index >= 15 is 0 Å². The van der Waals surface area contributed by atoms with Crippen molar-refractivity contribution < 1.29 is 4.79 Å². The normalized spacial score (nSPS) is 15.1. The van der Waals surface area contributed by atoms with E-state index in [0.717, 1.165) is 36.2 Å². The Labute approximate surface area is 187 Å². The molecule has 1 amide bonds. The van der Waals surface area contributed by atoms with Gasteiger partial charge in [-0.2, -0.15) is 0 Å². The molecule has 1 aromatic carbocycles. The number of aromatic nitrogens is 3. The highest BCUT2D eigenvalue weighted by molar-refractivity contribution is 9.10. The fourth-order valence-corrected chi connectivity index (χ4v) is 4.73. The number of piperazine rings is 1. The van der Waals surface area contributed by atoms with Crippen LogP contribution >= 0.6 is 27.3 Å². The summed E-state index contributed by atoms with van der Waals surface area (Å²) in [4.78, 5) is 38.5. The first-order chi connectivity index (χ1) is 14.5. The van der Waals surface area contributed by atoms with E-state index in [0.29, 0.717) is 37.0 Å². The summed E-state index contributed by atoms with van der Waals surface area (Å²) in [6, 6.07) is 5.44. The van der Waals surface area contributed by atoms with Crippen molar-refractivity contribution >= 4 is 44.1 Å². The number of hydrogen-bond donors (Lipinski definition) is 0. The first-order valence-electron chi connectivity index (χ1n) is 10.1. The molecule has 7 nitrogen and oxygen atoms in total. The number of hydrogen-bond acceptors (Lipinski definition) is 6. The number of rotatable bonds is 6. The maximum absolute atomic E-state index is 12.7. The van der Waals surface area contributed by atoms with Crippen LogP contribution in [0.5, 0.6) is 0 Å². The van der Waals surface area contributed by atoms with Crippen molar-refractivity contribution in [2.24, 2.45) is 0 Å². The highest BCUT2D eigenvalue weighted by atomic mass is 79.9. The van der Waals surface area contributed by atoms with Gasteiger partial charge in [-0.25, -0.2) is 9.97 Å². The van der Waals surface area contributed by atoms with Crippen LogP contribution in [0.3, 0.4) is 0 Å². The molecule has 3 aromatic rings. The lowest BCUT2D eigenvalue weighted by molar-refractivity contribution is -0.133. The zero-order valence-electron chi connectivity index (χ0n) is 16.9. The minimum absolute atomic E-state index is 0.0813. The van der Waals surface area contributed by atoms with E-state index in [1.807, 2.05) is 17.0 Å². The van der Waals surface area contributed by atoms with Crippen LogP contribution in [0, 0.1) is 0 Å². The van der Waals surface area contributed by atoms with Gasteiger partial charge in [-0.15, -0.1) is 11.3 Å². The van der Waals surface area contributed by atoms with Crippen molar-refractivity contribution in [3.8, 4) is 0 Å². The van der Waals surface area contributed by atoms with Crippen molar-refractivity contribution in [3.05, 3.63) is 55.4 Å². The molecule has 158 valence electrons. The molecule has 4 rings (SSSR count). The van der Waals surface area contributed by atoms with Crippen molar-refractivity contribution in [2.45, 2.75) is 32.9 Å². The summed E-state index contributed by atoms with van der Waals surface area (Å²) in [7, 11) is 0. The zero-order chi connectivity index (χ0) is 21.1. The van der Waals surface area contributed by atoms with E-state index in [1.54, 1.807) is 17.4 Å². The van der Waals surface area contributed by atoms with Gasteiger partial charge in [-0.05, 0) is 24.6 Å². The predicted molar refractivity (Wildman–Crippen MR) is 122 cm³/mol. The van der Waals surface area contributed by atoms with Crippen LogP contribution in [0.15, 0.2) is 39.2 Å². The number of thiazole rings is 1. The number of carbonyl (C=O) groups excluding carboxylic acids is 1. The lowest BCUT2D eigenvalue weighted by Gasteiger charge is -2.34. The molecular weight excluding hydrogens is 466 g/mol. The summed E-state index contributed by atoms with van der Waals surface area (Å²) < 4.78 is 2.36. The van der Waals surface area contributed by atoms with Gasteiger partial charge in [0.1, 0.15) is 0 Å².